The minimum absolute atomic E-state index is 0.0213. The van der Waals surface area contributed by atoms with Crippen molar-refractivity contribution in [2.75, 3.05) is 19.0 Å². The molecule has 1 aliphatic rings. The molecule has 1 fully saturated rings. The first-order chi connectivity index (χ1) is 12.8. The van der Waals surface area contributed by atoms with Crippen molar-refractivity contribution >= 4 is 16.7 Å². The predicted molar refractivity (Wildman–Crippen MR) is 101 cm³/mol. The van der Waals surface area contributed by atoms with Crippen molar-refractivity contribution in [2.45, 2.75) is 31.6 Å². The Labute approximate surface area is 152 Å². The van der Waals surface area contributed by atoms with Crippen molar-refractivity contribution in [2.24, 2.45) is 0 Å². The molecule has 0 unspecified atom stereocenters. The third-order valence-electron chi connectivity index (χ3n) is 4.77. The molecule has 1 aromatic carbocycles. The molecule has 0 spiro atoms. The van der Waals surface area contributed by atoms with Crippen LogP contribution in [0.1, 0.15) is 13.3 Å². The summed E-state index contributed by atoms with van der Waals surface area (Å²) in [7, 11) is 1.73. The lowest BCUT2D eigenvalue weighted by molar-refractivity contribution is -0.118. The monoisotopic (exact) mass is 350 g/mol. The molecule has 0 amide bonds. The number of nitrogens with zero attached hydrogens (tertiary/aromatic N) is 3. The van der Waals surface area contributed by atoms with Crippen LogP contribution in [0.25, 0.3) is 22.3 Å². The second-order valence-electron chi connectivity index (χ2n) is 6.33. The fourth-order valence-corrected chi connectivity index (χ4v) is 3.41. The largest absolute Gasteiger partial charge is 0.377 e. The lowest BCUT2D eigenvalue weighted by Crippen LogP contribution is -2.57. The van der Waals surface area contributed by atoms with E-state index >= 15 is 0 Å². The Morgan fingerprint density at radius 3 is 2.69 bits per heavy atom. The van der Waals surface area contributed by atoms with Crippen LogP contribution in [0.3, 0.4) is 0 Å². The molecule has 6 heteroatoms. The smallest absolute Gasteiger partial charge is 0.162 e. The molecule has 1 saturated carbocycles. The van der Waals surface area contributed by atoms with E-state index in [9.17, 15) is 0 Å². The Kier molecular flexibility index (Phi) is 4.77. The minimum Gasteiger partial charge on any atom is -0.377 e. The van der Waals surface area contributed by atoms with Crippen LogP contribution < -0.4 is 5.32 Å². The Morgan fingerprint density at radius 1 is 1.12 bits per heavy atom. The van der Waals surface area contributed by atoms with E-state index in [2.05, 4.69) is 10.3 Å². The van der Waals surface area contributed by atoms with E-state index in [4.69, 9.17) is 19.4 Å². The normalized spacial score (nSPS) is 22.2. The van der Waals surface area contributed by atoms with Crippen molar-refractivity contribution < 1.29 is 9.47 Å². The zero-order chi connectivity index (χ0) is 17.9. The maximum Gasteiger partial charge on any atom is 0.162 e. The summed E-state index contributed by atoms with van der Waals surface area (Å²) in [4.78, 5) is 13.6. The van der Waals surface area contributed by atoms with Gasteiger partial charge < -0.3 is 14.8 Å². The zero-order valence-corrected chi connectivity index (χ0v) is 14.9. The van der Waals surface area contributed by atoms with Gasteiger partial charge in [-0.15, -0.1) is 0 Å². The van der Waals surface area contributed by atoms with Gasteiger partial charge in [0.2, 0.25) is 0 Å². The molecular weight excluding hydrogens is 328 g/mol. The van der Waals surface area contributed by atoms with Gasteiger partial charge >= 0.3 is 0 Å². The Hall–Kier alpha value is -2.57. The van der Waals surface area contributed by atoms with Crippen LogP contribution in [0.2, 0.25) is 0 Å². The summed E-state index contributed by atoms with van der Waals surface area (Å²) in [5.74, 6) is 1.51. The molecule has 4 rings (SSSR count). The third-order valence-corrected chi connectivity index (χ3v) is 4.77. The van der Waals surface area contributed by atoms with Gasteiger partial charge in [-0.2, -0.15) is 0 Å². The fourth-order valence-electron chi connectivity index (χ4n) is 3.41. The molecule has 0 bridgehead atoms. The van der Waals surface area contributed by atoms with E-state index in [1.54, 1.807) is 19.5 Å². The van der Waals surface area contributed by atoms with Gasteiger partial charge in [0.1, 0.15) is 11.9 Å². The van der Waals surface area contributed by atoms with E-state index in [0.717, 1.165) is 28.7 Å². The van der Waals surface area contributed by atoms with Crippen molar-refractivity contribution in [3.05, 3.63) is 48.8 Å². The first kappa shape index (κ1) is 16.9. The number of methoxy groups -OCH3 is 1. The quantitative estimate of drug-likeness (QED) is 0.736. The first-order valence-electron chi connectivity index (χ1n) is 8.88. The summed E-state index contributed by atoms with van der Waals surface area (Å²) in [5, 5.41) is 4.55. The van der Waals surface area contributed by atoms with Crippen LogP contribution in [-0.4, -0.2) is 46.9 Å². The molecular formula is C20H22N4O2. The van der Waals surface area contributed by atoms with E-state index in [-0.39, 0.29) is 18.2 Å². The predicted octanol–water partition coefficient (Wildman–Crippen LogP) is 3.30. The maximum atomic E-state index is 5.73. The maximum absolute atomic E-state index is 5.73. The highest BCUT2D eigenvalue weighted by molar-refractivity contribution is 5.90. The van der Waals surface area contributed by atoms with Crippen LogP contribution in [0.15, 0.2) is 48.8 Å². The lowest BCUT2D eigenvalue weighted by atomic mass is 9.85. The number of hydrogen-bond acceptors (Lipinski definition) is 6. The number of hydrogen-bond donors (Lipinski definition) is 1. The number of para-hydroxylation sites is 1. The zero-order valence-electron chi connectivity index (χ0n) is 14.9. The van der Waals surface area contributed by atoms with Crippen LogP contribution in [0.4, 0.5) is 5.82 Å². The fraction of sp³-hybridized carbons (Fsp3) is 0.350. The second kappa shape index (κ2) is 7.35. The van der Waals surface area contributed by atoms with E-state index in [1.807, 2.05) is 43.3 Å². The molecule has 134 valence electrons. The van der Waals surface area contributed by atoms with Crippen molar-refractivity contribution in [3.63, 3.8) is 0 Å². The number of rotatable bonds is 6. The Morgan fingerprint density at radius 2 is 1.92 bits per heavy atom. The molecule has 1 N–H and O–H groups in total. The molecule has 3 atom stereocenters. The van der Waals surface area contributed by atoms with Gasteiger partial charge in [0.15, 0.2) is 5.82 Å². The summed E-state index contributed by atoms with van der Waals surface area (Å²) < 4.78 is 11.3. The van der Waals surface area contributed by atoms with Crippen LogP contribution >= 0.6 is 0 Å². The van der Waals surface area contributed by atoms with E-state index < -0.39 is 0 Å². The molecule has 26 heavy (non-hydrogen) atoms. The molecule has 0 saturated heterocycles. The van der Waals surface area contributed by atoms with Gasteiger partial charge in [0.25, 0.3) is 0 Å². The number of fused-ring (bicyclic) bond motifs is 1. The van der Waals surface area contributed by atoms with Gasteiger partial charge in [-0.1, -0.05) is 12.1 Å². The molecule has 2 heterocycles. The van der Waals surface area contributed by atoms with Gasteiger partial charge in [-0.25, -0.2) is 9.97 Å². The minimum atomic E-state index is 0.0213. The number of anilines is 1. The van der Waals surface area contributed by atoms with Gasteiger partial charge in [0, 0.05) is 37.1 Å². The van der Waals surface area contributed by atoms with Crippen LogP contribution in [0.5, 0.6) is 0 Å². The van der Waals surface area contributed by atoms with Gasteiger partial charge in [0.05, 0.1) is 17.7 Å². The first-order valence-corrected chi connectivity index (χ1v) is 8.88. The average Bonchev–Trinajstić information content (AvgIpc) is 2.68. The van der Waals surface area contributed by atoms with Gasteiger partial charge in [-0.3, -0.25) is 4.98 Å². The van der Waals surface area contributed by atoms with Gasteiger partial charge in [-0.05, 0) is 37.6 Å². The molecule has 1 aliphatic carbocycles. The van der Waals surface area contributed by atoms with Crippen molar-refractivity contribution in [1.29, 1.82) is 0 Å². The number of pyridine rings is 1. The standard InChI is InChI=1S/C20H22N4O2/c1-3-26-17-12-16(18(17)25-2)23-20-14-6-4-5-7-15(14)22-19(24-20)13-8-10-21-11-9-13/h4-11,16-18H,3,12H2,1-2H3,(H,22,23,24)/t16-,17+,18-/m0/s1. The van der Waals surface area contributed by atoms with Crippen LogP contribution in [-0.2, 0) is 9.47 Å². The average molecular weight is 350 g/mol. The summed E-state index contributed by atoms with van der Waals surface area (Å²) in [5.41, 5.74) is 1.85. The second-order valence-corrected chi connectivity index (χ2v) is 6.33. The highest BCUT2D eigenvalue weighted by Crippen LogP contribution is 2.32. The lowest BCUT2D eigenvalue weighted by Gasteiger charge is -2.43. The molecule has 2 aromatic heterocycles. The van der Waals surface area contributed by atoms with Crippen LogP contribution in [0, 0.1) is 0 Å². The summed E-state index contributed by atoms with van der Waals surface area (Å²) in [6.07, 6.45) is 4.56. The molecule has 0 radical (unpaired) electrons. The molecule has 3 aromatic rings. The third kappa shape index (κ3) is 3.13. The number of ether oxygens (including phenoxy) is 2. The number of aromatic nitrogens is 3. The SMILES string of the molecule is CCO[C@@H]1C[C@H](Nc2nc(-c3ccncc3)nc3ccccc23)[C@@H]1OC. The summed E-state index contributed by atoms with van der Waals surface area (Å²) >= 11 is 0. The summed E-state index contributed by atoms with van der Waals surface area (Å²) in [6.45, 7) is 2.70. The molecule has 6 nitrogen and oxygen atoms in total. The highest BCUT2D eigenvalue weighted by Gasteiger charge is 2.42. The highest BCUT2D eigenvalue weighted by atomic mass is 16.5. The number of nitrogens with one attached hydrogen (secondary N) is 1. The molecule has 0 aliphatic heterocycles. The number of benzene rings is 1. The van der Waals surface area contributed by atoms with E-state index in [0.29, 0.717) is 12.4 Å². The van der Waals surface area contributed by atoms with E-state index in [1.165, 1.54) is 0 Å². The van der Waals surface area contributed by atoms with Crippen molar-refractivity contribution in [3.8, 4) is 11.4 Å². The Bertz CT molecular complexity index is 887. The Balaban J connectivity index is 1.68. The van der Waals surface area contributed by atoms with Crippen molar-refractivity contribution in [1.82, 2.24) is 15.0 Å². The topological polar surface area (TPSA) is 69.2 Å². The summed E-state index contributed by atoms with van der Waals surface area (Å²) in [6, 6.07) is 12.0.